The highest BCUT2D eigenvalue weighted by atomic mass is 35.5. The fourth-order valence-electron chi connectivity index (χ4n) is 4.13. The number of carboxylic acid groups (broad SMARTS) is 1. The standard InChI is InChI=1S/C18H21F3N2O3.ClH/c1-11(23-9-13-3-2-8-17(13,10-23)16(25)26)15(24)22-14-6-4-12(5-7-14)18(19,20)21;/h4-7,11,13H,2-3,8-10H2,1H3,(H,22,24)(H,25,26);1H/t11?,13-,17+;/m0./s1. The quantitative estimate of drug-likeness (QED) is 0.801. The normalized spacial score (nSPS) is 26.1. The summed E-state index contributed by atoms with van der Waals surface area (Å²) in [5, 5.41) is 12.2. The van der Waals surface area contributed by atoms with Crippen molar-refractivity contribution in [2.45, 2.75) is 38.4 Å². The molecule has 0 bridgehead atoms. The van der Waals surface area contributed by atoms with E-state index in [4.69, 9.17) is 0 Å². The molecule has 2 aliphatic rings. The maximum atomic E-state index is 12.6. The number of nitrogens with zero attached hydrogens (tertiary/aromatic N) is 1. The molecule has 1 aliphatic heterocycles. The summed E-state index contributed by atoms with van der Waals surface area (Å²) in [6.45, 7) is 2.57. The van der Waals surface area contributed by atoms with Crippen molar-refractivity contribution >= 4 is 30.0 Å². The van der Waals surface area contributed by atoms with Crippen molar-refractivity contribution in [2.75, 3.05) is 18.4 Å². The van der Waals surface area contributed by atoms with Gasteiger partial charge in [-0.3, -0.25) is 14.5 Å². The number of halogens is 4. The molecule has 5 nitrogen and oxygen atoms in total. The zero-order valence-electron chi connectivity index (χ0n) is 14.8. The van der Waals surface area contributed by atoms with Crippen LogP contribution in [0.4, 0.5) is 18.9 Å². The van der Waals surface area contributed by atoms with Crippen LogP contribution >= 0.6 is 12.4 Å². The van der Waals surface area contributed by atoms with Gasteiger partial charge in [-0.15, -0.1) is 12.4 Å². The lowest BCUT2D eigenvalue weighted by molar-refractivity contribution is -0.149. The van der Waals surface area contributed by atoms with E-state index in [2.05, 4.69) is 5.32 Å². The number of anilines is 1. The molecule has 150 valence electrons. The second kappa shape index (κ2) is 7.67. The molecule has 2 N–H and O–H groups in total. The van der Waals surface area contributed by atoms with Gasteiger partial charge in [0.05, 0.1) is 17.0 Å². The van der Waals surface area contributed by atoms with Gasteiger partial charge in [0.2, 0.25) is 5.91 Å². The van der Waals surface area contributed by atoms with Crippen LogP contribution in [-0.4, -0.2) is 41.0 Å². The highest BCUT2D eigenvalue weighted by molar-refractivity contribution is 5.94. The number of benzene rings is 1. The zero-order chi connectivity index (χ0) is 19.1. The summed E-state index contributed by atoms with van der Waals surface area (Å²) < 4.78 is 37.8. The van der Waals surface area contributed by atoms with Gasteiger partial charge in [0.25, 0.3) is 0 Å². The van der Waals surface area contributed by atoms with Crippen molar-refractivity contribution in [1.29, 1.82) is 0 Å². The van der Waals surface area contributed by atoms with Crippen LogP contribution in [0.25, 0.3) is 0 Å². The van der Waals surface area contributed by atoms with E-state index in [1.165, 1.54) is 12.1 Å². The third-order valence-electron chi connectivity index (χ3n) is 5.73. The predicted octanol–water partition coefficient (Wildman–Crippen LogP) is 3.64. The van der Waals surface area contributed by atoms with Crippen LogP contribution in [0, 0.1) is 11.3 Å². The van der Waals surface area contributed by atoms with Crippen LogP contribution in [-0.2, 0) is 15.8 Å². The topological polar surface area (TPSA) is 69.6 Å². The van der Waals surface area contributed by atoms with Crippen molar-refractivity contribution in [2.24, 2.45) is 11.3 Å². The number of alkyl halides is 3. The van der Waals surface area contributed by atoms with E-state index in [-0.39, 0.29) is 29.9 Å². The average Bonchev–Trinajstić information content (AvgIpc) is 3.12. The lowest BCUT2D eigenvalue weighted by atomic mass is 9.81. The van der Waals surface area contributed by atoms with E-state index in [9.17, 15) is 27.9 Å². The molecule has 3 atom stereocenters. The molecular formula is C18H22ClF3N2O3. The Balaban J connectivity index is 0.00000261. The van der Waals surface area contributed by atoms with Crippen LogP contribution in [0.5, 0.6) is 0 Å². The minimum atomic E-state index is -4.42. The molecule has 27 heavy (non-hydrogen) atoms. The smallest absolute Gasteiger partial charge is 0.416 e. The van der Waals surface area contributed by atoms with Gasteiger partial charge in [-0.05, 0) is 49.9 Å². The highest BCUT2D eigenvalue weighted by Crippen LogP contribution is 2.49. The lowest BCUT2D eigenvalue weighted by Gasteiger charge is -2.26. The van der Waals surface area contributed by atoms with Crippen molar-refractivity contribution in [3.63, 3.8) is 0 Å². The van der Waals surface area contributed by atoms with E-state index in [1.54, 1.807) is 6.92 Å². The van der Waals surface area contributed by atoms with Gasteiger partial charge in [0.15, 0.2) is 0 Å². The number of fused-ring (bicyclic) bond motifs is 1. The van der Waals surface area contributed by atoms with Crippen molar-refractivity contribution in [3.05, 3.63) is 29.8 Å². The summed E-state index contributed by atoms with van der Waals surface area (Å²) in [6, 6.07) is 3.70. The number of rotatable bonds is 4. The number of carbonyl (C=O) groups excluding carboxylic acids is 1. The Morgan fingerprint density at radius 3 is 2.44 bits per heavy atom. The summed E-state index contributed by atoms with van der Waals surface area (Å²) in [7, 11) is 0. The van der Waals surface area contributed by atoms with E-state index in [1.807, 2.05) is 4.90 Å². The van der Waals surface area contributed by atoms with Crippen molar-refractivity contribution in [3.8, 4) is 0 Å². The van der Waals surface area contributed by atoms with E-state index in [0.29, 0.717) is 19.5 Å². The predicted molar refractivity (Wildman–Crippen MR) is 95.8 cm³/mol. The van der Waals surface area contributed by atoms with Gasteiger partial charge >= 0.3 is 12.1 Å². The largest absolute Gasteiger partial charge is 0.481 e. The molecule has 0 aromatic heterocycles. The van der Waals surface area contributed by atoms with Crippen LogP contribution < -0.4 is 5.32 Å². The molecule has 1 saturated carbocycles. The molecule has 9 heteroatoms. The molecule has 0 radical (unpaired) electrons. The number of likely N-dealkylation sites (tertiary alicyclic amines) is 1. The molecule has 1 aromatic rings. The molecule has 0 spiro atoms. The third kappa shape index (κ3) is 4.06. The van der Waals surface area contributed by atoms with Gasteiger partial charge in [-0.1, -0.05) is 6.42 Å². The van der Waals surface area contributed by atoms with Gasteiger partial charge in [0.1, 0.15) is 0 Å². The second-order valence-electron chi connectivity index (χ2n) is 7.22. The molecule has 2 fully saturated rings. The van der Waals surface area contributed by atoms with Crippen molar-refractivity contribution < 1.29 is 27.9 Å². The summed E-state index contributed by atoms with van der Waals surface area (Å²) in [4.78, 5) is 26.0. The van der Waals surface area contributed by atoms with Gasteiger partial charge in [-0.2, -0.15) is 13.2 Å². The molecule has 1 amide bonds. The number of hydrogen-bond donors (Lipinski definition) is 2. The molecule has 3 rings (SSSR count). The summed E-state index contributed by atoms with van der Waals surface area (Å²) in [5.74, 6) is -1.12. The fraction of sp³-hybridized carbons (Fsp3) is 0.556. The van der Waals surface area contributed by atoms with Crippen LogP contribution in [0.3, 0.4) is 0 Å². The molecule has 1 aliphatic carbocycles. The molecular weight excluding hydrogens is 385 g/mol. The Labute approximate surface area is 161 Å². The van der Waals surface area contributed by atoms with Gasteiger partial charge in [0, 0.05) is 18.8 Å². The van der Waals surface area contributed by atoms with E-state index >= 15 is 0 Å². The first-order valence-electron chi connectivity index (χ1n) is 8.59. The highest BCUT2D eigenvalue weighted by Gasteiger charge is 2.55. The maximum Gasteiger partial charge on any atom is 0.416 e. The zero-order valence-corrected chi connectivity index (χ0v) is 15.6. The first-order valence-corrected chi connectivity index (χ1v) is 8.59. The number of carbonyl (C=O) groups is 2. The minimum absolute atomic E-state index is 0. The lowest BCUT2D eigenvalue weighted by Crippen LogP contribution is -2.43. The Kier molecular flexibility index (Phi) is 6.11. The fourth-order valence-corrected chi connectivity index (χ4v) is 4.13. The van der Waals surface area contributed by atoms with Gasteiger partial charge < -0.3 is 10.4 Å². The number of amides is 1. The Morgan fingerprint density at radius 2 is 1.93 bits per heavy atom. The number of nitrogens with one attached hydrogen (secondary N) is 1. The van der Waals surface area contributed by atoms with Crippen molar-refractivity contribution in [1.82, 2.24) is 4.90 Å². The van der Waals surface area contributed by atoms with E-state index < -0.39 is 29.2 Å². The average molecular weight is 407 g/mol. The molecule has 1 saturated heterocycles. The first-order chi connectivity index (χ1) is 12.1. The number of hydrogen-bond acceptors (Lipinski definition) is 3. The molecule has 1 unspecified atom stereocenters. The summed E-state index contributed by atoms with van der Waals surface area (Å²) in [5.41, 5.74) is -1.27. The summed E-state index contributed by atoms with van der Waals surface area (Å²) >= 11 is 0. The minimum Gasteiger partial charge on any atom is -0.481 e. The van der Waals surface area contributed by atoms with Crippen LogP contribution in [0.1, 0.15) is 31.7 Å². The van der Waals surface area contributed by atoms with E-state index in [0.717, 1.165) is 25.0 Å². The van der Waals surface area contributed by atoms with Crippen LogP contribution in [0.2, 0.25) is 0 Å². The Hall–Kier alpha value is -1.80. The first kappa shape index (κ1) is 21.5. The molecule has 1 heterocycles. The Morgan fingerprint density at radius 1 is 1.30 bits per heavy atom. The summed E-state index contributed by atoms with van der Waals surface area (Å²) in [6.07, 6.45) is -2.07. The van der Waals surface area contributed by atoms with Gasteiger partial charge in [-0.25, -0.2) is 0 Å². The maximum absolute atomic E-state index is 12.6. The number of carboxylic acids is 1. The third-order valence-corrected chi connectivity index (χ3v) is 5.73. The SMILES string of the molecule is CC(C(=O)Nc1ccc(C(F)(F)F)cc1)N1C[C@@H]2CCC[C@@]2(C(=O)O)C1.Cl. The number of aliphatic carboxylic acids is 1. The van der Waals surface area contributed by atoms with Crippen LogP contribution in [0.15, 0.2) is 24.3 Å². The monoisotopic (exact) mass is 406 g/mol. The second-order valence-corrected chi connectivity index (χ2v) is 7.22. The molecule has 1 aromatic carbocycles. The Bertz CT molecular complexity index is 711.